The Labute approximate surface area is 103 Å². The average molecular weight is 285 g/mol. The summed E-state index contributed by atoms with van der Waals surface area (Å²) in [5.41, 5.74) is 1.07. The number of hydrogen-bond donors (Lipinski definition) is 0. The summed E-state index contributed by atoms with van der Waals surface area (Å²) in [7, 11) is 1.43. The molecule has 86 valence electrons. The second-order valence-corrected chi connectivity index (χ2v) is 4.73. The van der Waals surface area contributed by atoms with E-state index in [2.05, 4.69) is 15.9 Å². The zero-order chi connectivity index (χ0) is 11.5. The molecular formula is C12H13BrO3. The van der Waals surface area contributed by atoms with Gasteiger partial charge in [0.05, 0.1) is 19.6 Å². The maximum Gasteiger partial charge on any atom is 0.309 e. The van der Waals surface area contributed by atoms with Crippen LogP contribution < -0.4 is 4.74 Å². The van der Waals surface area contributed by atoms with Gasteiger partial charge in [0.25, 0.3) is 0 Å². The molecule has 0 aromatic heterocycles. The highest BCUT2D eigenvalue weighted by Crippen LogP contribution is 2.30. The fourth-order valence-electron chi connectivity index (χ4n) is 1.88. The molecule has 0 radical (unpaired) electrons. The Bertz CT molecular complexity index is 403. The number of benzene rings is 1. The van der Waals surface area contributed by atoms with Crippen molar-refractivity contribution in [3.05, 3.63) is 28.2 Å². The molecule has 0 bridgehead atoms. The third-order valence-corrected chi connectivity index (χ3v) is 3.25. The number of rotatable bonds is 1. The first-order chi connectivity index (χ1) is 7.70. The number of esters is 1. The second-order valence-electron chi connectivity index (χ2n) is 3.81. The van der Waals surface area contributed by atoms with Crippen LogP contribution in [0.1, 0.15) is 12.0 Å². The van der Waals surface area contributed by atoms with Crippen LogP contribution in [-0.4, -0.2) is 19.7 Å². The lowest BCUT2D eigenvalue weighted by atomic mass is 9.97. The molecule has 1 unspecified atom stereocenters. The summed E-state index contributed by atoms with van der Waals surface area (Å²) >= 11 is 3.40. The van der Waals surface area contributed by atoms with Gasteiger partial charge >= 0.3 is 5.97 Å². The summed E-state index contributed by atoms with van der Waals surface area (Å²) in [6.07, 6.45) is 1.40. The minimum atomic E-state index is -0.153. The van der Waals surface area contributed by atoms with Crippen LogP contribution in [0.4, 0.5) is 0 Å². The smallest absolute Gasteiger partial charge is 0.309 e. The van der Waals surface area contributed by atoms with Crippen LogP contribution in [0.5, 0.6) is 5.75 Å². The molecule has 1 aromatic rings. The maximum atomic E-state index is 11.5. The van der Waals surface area contributed by atoms with Gasteiger partial charge in [-0.25, -0.2) is 0 Å². The monoisotopic (exact) mass is 284 g/mol. The molecule has 4 heteroatoms. The second kappa shape index (κ2) is 4.87. The molecule has 0 fully saturated rings. The van der Waals surface area contributed by atoms with E-state index in [0.717, 1.165) is 15.8 Å². The Balaban J connectivity index is 2.24. The molecule has 3 nitrogen and oxygen atoms in total. The van der Waals surface area contributed by atoms with Crippen molar-refractivity contribution in [1.29, 1.82) is 0 Å². The van der Waals surface area contributed by atoms with E-state index in [1.807, 2.05) is 18.2 Å². The molecule has 1 aliphatic rings. The summed E-state index contributed by atoms with van der Waals surface area (Å²) in [6.45, 7) is 0.559. The highest BCUT2D eigenvalue weighted by atomic mass is 79.9. The van der Waals surface area contributed by atoms with Gasteiger partial charge in [0.15, 0.2) is 0 Å². The predicted molar refractivity (Wildman–Crippen MR) is 63.5 cm³/mol. The summed E-state index contributed by atoms with van der Waals surface area (Å²) in [5, 5.41) is 0. The fraction of sp³-hybridized carbons (Fsp3) is 0.417. The van der Waals surface area contributed by atoms with Gasteiger partial charge in [-0.05, 0) is 30.5 Å². The number of hydrogen-bond acceptors (Lipinski definition) is 3. The Morgan fingerprint density at radius 3 is 3.12 bits per heavy atom. The molecule has 1 aliphatic heterocycles. The molecule has 0 spiro atoms. The van der Waals surface area contributed by atoms with Crippen molar-refractivity contribution in [2.24, 2.45) is 5.92 Å². The van der Waals surface area contributed by atoms with Gasteiger partial charge in [-0.2, -0.15) is 0 Å². The molecule has 0 saturated heterocycles. The molecule has 0 amide bonds. The summed E-state index contributed by atoms with van der Waals surface area (Å²) in [4.78, 5) is 11.5. The van der Waals surface area contributed by atoms with E-state index < -0.39 is 0 Å². The van der Waals surface area contributed by atoms with Gasteiger partial charge in [0, 0.05) is 4.47 Å². The molecule has 2 rings (SSSR count). The van der Waals surface area contributed by atoms with Crippen molar-refractivity contribution in [3.63, 3.8) is 0 Å². The van der Waals surface area contributed by atoms with Crippen molar-refractivity contribution in [3.8, 4) is 5.75 Å². The highest BCUT2D eigenvalue weighted by molar-refractivity contribution is 9.10. The zero-order valence-corrected chi connectivity index (χ0v) is 10.6. The number of carbonyl (C=O) groups excluding carboxylic acids is 1. The first kappa shape index (κ1) is 11.5. The molecular weight excluding hydrogens is 272 g/mol. The lowest BCUT2D eigenvalue weighted by molar-refractivity contribution is -0.145. The Morgan fingerprint density at radius 2 is 2.38 bits per heavy atom. The molecule has 0 saturated carbocycles. The third-order valence-electron chi connectivity index (χ3n) is 2.75. The first-order valence-electron chi connectivity index (χ1n) is 5.20. The quantitative estimate of drug-likeness (QED) is 0.744. The van der Waals surface area contributed by atoms with E-state index in [0.29, 0.717) is 19.4 Å². The number of carbonyl (C=O) groups is 1. The lowest BCUT2D eigenvalue weighted by Crippen LogP contribution is -2.19. The predicted octanol–water partition coefficient (Wildman–Crippen LogP) is 2.56. The van der Waals surface area contributed by atoms with Crippen molar-refractivity contribution < 1.29 is 14.3 Å². The van der Waals surface area contributed by atoms with E-state index in [9.17, 15) is 4.79 Å². The van der Waals surface area contributed by atoms with Crippen LogP contribution in [0.2, 0.25) is 0 Å². The first-order valence-corrected chi connectivity index (χ1v) is 5.99. The van der Waals surface area contributed by atoms with Crippen molar-refractivity contribution >= 4 is 21.9 Å². The van der Waals surface area contributed by atoms with Gasteiger partial charge < -0.3 is 9.47 Å². The zero-order valence-electron chi connectivity index (χ0n) is 9.03. The minimum absolute atomic E-state index is 0.0903. The summed E-state index contributed by atoms with van der Waals surface area (Å²) in [5.74, 6) is 0.618. The molecule has 1 heterocycles. The van der Waals surface area contributed by atoms with Gasteiger partial charge in [0.1, 0.15) is 5.75 Å². The topological polar surface area (TPSA) is 35.5 Å². The fourth-order valence-corrected chi connectivity index (χ4v) is 2.22. The van der Waals surface area contributed by atoms with E-state index in [4.69, 9.17) is 9.47 Å². The lowest BCUT2D eigenvalue weighted by Gasteiger charge is -2.10. The molecule has 1 atom stereocenters. The van der Waals surface area contributed by atoms with Crippen molar-refractivity contribution in [2.75, 3.05) is 13.7 Å². The SMILES string of the molecule is COC(=O)C1CCOc2cc(Br)ccc2C1. The van der Waals surface area contributed by atoms with Crippen LogP contribution in [0.25, 0.3) is 0 Å². The van der Waals surface area contributed by atoms with Crippen molar-refractivity contribution in [1.82, 2.24) is 0 Å². The van der Waals surface area contributed by atoms with Gasteiger partial charge in [-0.15, -0.1) is 0 Å². The van der Waals surface area contributed by atoms with Gasteiger partial charge in [-0.3, -0.25) is 4.79 Å². The maximum absolute atomic E-state index is 11.5. The van der Waals surface area contributed by atoms with Crippen molar-refractivity contribution in [2.45, 2.75) is 12.8 Å². The Kier molecular flexibility index (Phi) is 3.49. The number of fused-ring (bicyclic) bond motifs is 1. The van der Waals surface area contributed by atoms with Crippen LogP contribution in [-0.2, 0) is 16.0 Å². The van der Waals surface area contributed by atoms with E-state index >= 15 is 0 Å². The van der Waals surface area contributed by atoms with E-state index in [1.165, 1.54) is 7.11 Å². The number of methoxy groups -OCH3 is 1. The Morgan fingerprint density at radius 1 is 1.56 bits per heavy atom. The molecule has 0 N–H and O–H groups in total. The standard InChI is InChI=1S/C12H13BrO3/c1-15-12(14)9-4-5-16-11-7-10(13)3-2-8(11)6-9/h2-3,7,9H,4-6H2,1H3. The molecule has 0 aliphatic carbocycles. The normalized spacial score (nSPS) is 19.2. The number of ether oxygens (including phenoxy) is 2. The molecule has 1 aromatic carbocycles. The Hall–Kier alpha value is -1.03. The largest absolute Gasteiger partial charge is 0.493 e. The minimum Gasteiger partial charge on any atom is -0.493 e. The third kappa shape index (κ3) is 2.38. The van der Waals surface area contributed by atoms with E-state index in [-0.39, 0.29) is 11.9 Å². The van der Waals surface area contributed by atoms with Gasteiger partial charge in [0.2, 0.25) is 0 Å². The van der Waals surface area contributed by atoms with Crippen LogP contribution >= 0.6 is 15.9 Å². The highest BCUT2D eigenvalue weighted by Gasteiger charge is 2.24. The van der Waals surface area contributed by atoms with Crippen LogP contribution in [0.3, 0.4) is 0 Å². The summed E-state index contributed by atoms with van der Waals surface area (Å²) in [6, 6.07) is 5.89. The summed E-state index contributed by atoms with van der Waals surface area (Å²) < 4.78 is 11.4. The van der Waals surface area contributed by atoms with Crippen LogP contribution in [0.15, 0.2) is 22.7 Å². The molecule has 16 heavy (non-hydrogen) atoms. The van der Waals surface area contributed by atoms with Crippen LogP contribution in [0, 0.1) is 5.92 Å². The van der Waals surface area contributed by atoms with Gasteiger partial charge in [-0.1, -0.05) is 22.0 Å². The van der Waals surface area contributed by atoms with E-state index in [1.54, 1.807) is 0 Å². The number of halogens is 1. The average Bonchev–Trinajstić information content (AvgIpc) is 2.49.